The molecule has 0 aliphatic carbocycles. The van der Waals surface area contributed by atoms with E-state index in [1.165, 1.54) is 0 Å². The van der Waals surface area contributed by atoms with Crippen LogP contribution in [0.2, 0.25) is 5.02 Å². The zero-order valence-corrected chi connectivity index (χ0v) is 12.6. The van der Waals surface area contributed by atoms with Gasteiger partial charge in [0.15, 0.2) is 0 Å². The average Bonchev–Trinajstić information content (AvgIpc) is 2.97. The van der Waals surface area contributed by atoms with Crippen molar-refractivity contribution in [1.82, 2.24) is 15.8 Å². The predicted octanol–water partition coefficient (Wildman–Crippen LogP) is 1.20. The highest BCUT2D eigenvalue weighted by molar-refractivity contribution is 6.31. The van der Waals surface area contributed by atoms with Crippen LogP contribution in [-0.4, -0.2) is 36.0 Å². The highest BCUT2D eigenvalue weighted by atomic mass is 35.5. The number of amides is 1. The summed E-state index contributed by atoms with van der Waals surface area (Å²) in [7, 11) is 0. The lowest BCUT2D eigenvalue weighted by Gasteiger charge is -2.31. The fourth-order valence-corrected chi connectivity index (χ4v) is 3.29. The fourth-order valence-electron chi connectivity index (χ4n) is 3.02. The molecule has 1 aromatic carbocycles. The maximum atomic E-state index is 12.5. The van der Waals surface area contributed by atoms with Gasteiger partial charge in [-0.1, -0.05) is 29.8 Å². The summed E-state index contributed by atoms with van der Waals surface area (Å²) in [6, 6.07) is 7.85. The van der Waals surface area contributed by atoms with Crippen molar-refractivity contribution in [3.8, 4) is 0 Å². The topological polar surface area (TPSA) is 70.4 Å². The number of likely N-dealkylation sites (tertiary alicyclic amines) is 1. The highest BCUT2D eigenvalue weighted by Crippen LogP contribution is 2.29. The Labute approximate surface area is 129 Å². The van der Waals surface area contributed by atoms with Crippen LogP contribution in [0.1, 0.15) is 30.9 Å². The van der Waals surface area contributed by atoms with Crippen molar-refractivity contribution < 1.29 is 4.79 Å². The molecule has 2 aliphatic rings. The van der Waals surface area contributed by atoms with Crippen LogP contribution in [0.15, 0.2) is 24.3 Å². The van der Waals surface area contributed by atoms with Crippen molar-refractivity contribution in [1.29, 1.82) is 0 Å². The molecule has 1 aromatic rings. The van der Waals surface area contributed by atoms with Crippen LogP contribution in [-0.2, 0) is 4.79 Å². The van der Waals surface area contributed by atoms with Crippen LogP contribution in [0, 0.1) is 0 Å². The number of hydrogen-bond donors (Lipinski definition) is 3. The standard InChI is InChI=1S/C15H21ClN4O/c16-12-4-2-1-3-11(12)13-9-14(19-18-13)15(21)20-7-5-10(17)6-8-20/h1-4,10,13-14,18-19H,5-9,17H2. The first-order chi connectivity index (χ1) is 10.1. The van der Waals surface area contributed by atoms with Crippen molar-refractivity contribution in [3.63, 3.8) is 0 Å². The second kappa shape index (κ2) is 6.32. The molecule has 2 atom stereocenters. The largest absolute Gasteiger partial charge is 0.341 e. The number of carbonyl (C=O) groups is 1. The Kier molecular flexibility index (Phi) is 4.45. The highest BCUT2D eigenvalue weighted by Gasteiger charge is 2.34. The minimum Gasteiger partial charge on any atom is -0.341 e. The number of hydrazine groups is 1. The van der Waals surface area contributed by atoms with E-state index >= 15 is 0 Å². The molecule has 0 saturated carbocycles. The lowest BCUT2D eigenvalue weighted by atomic mass is 10.00. The van der Waals surface area contributed by atoms with Crippen LogP contribution < -0.4 is 16.6 Å². The van der Waals surface area contributed by atoms with Gasteiger partial charge in [-0.05, 0) is 30.9 Å². The third kappa shape index (κ3) is 3.21. The van der Waals surface area contributed by atoms with Gasteiger partial charge in [-0.3, -0.25) is 4.79 Å². The molecule has 2 unspecified atom stereocenters. The number of halogens is 1. The number of hydrogen-bond acceptors (Lipinski definition) is 4. The van der Waals surface area contributed by atoms with E-state index in [0.717, 1.165) is 36.5 Å². The number of nitrogens with zero attached hydrogens (tertiary/aromatic N) is 1. The van der Waals surface area contributed by atoms with Crippen LogP contribution in [0.4, 0.5) is 0 Å². The molecular weight excluding hydrogens is 288 g/mol. The number of benzene rings is 1. The minimum absolute atomic E-state index is 0.0692. The van der Waals surface area contributed by atoms with Gasteiger partial charge in [0.1, 0.15) is 6.04 Å². The fraction of sp³-hybridized carbons (Fsp3) is 0.533. The Morgan fingerprint density at radius 3 is 2.67 bits per heavy atom. The molecule has 2 saturated heterocycles. The monoisotopic (exact) mass is 308 g/mol. The van der Waals surface area contributed by atoms with Crippen LogP contribution in [0.3, 0.4) is 0 Å². The van der Waals surface area contributed by atoms with E-state index in [9.17, 15) is 4.79 Å². The van der Waals surface area contributed by atoms with E-state index in [4.69, 9.17) is 17.3 Å². The lowest BCUT2D eigenvalue weighted by molar-refractivity contribution is -0.134. The normalized spacial score (nSPS) is 27.0. The van der Waals surface area contributed by atoms with E-state index in [1.807, 2.05) is 29.2 Å². The van der Waals surface area contributed by atoms with E-state index in [-0.39, 0.29) is 24.0 Å². The van der Waals surface area contributed by atoms with Gasteiger partial charge in [0.05, 0.1) is 0 Å². The number of nitrogens with one attached hydrogen (secondary N) is 2. The van der Waals surface area contributed by atoms with E-state index < -0.39 is 0 Å². The molecule has 0 bridgehead atoms. The lowest BCUT2D eigenvalue weighted by Crippen LogP contribution is -2.50. The van der Waals surface area contributed by atoms with Crippen molar-refractivity contribution >= 4 is 17.5 Å². The summed E-state index contributed by atoms with van der Waals surface area (Å²) >= 11 is 6.22. The summed E-state index contributed by atoms with van der Waals surface area (Å²) in [6.07, 6.45) is 2.49. The van der Waals surface area contributed by atoms with Crippen molar-refractivity contribution in [2.75, 3.05) is 13.1 Å². The Hall–Kier alpha value is -1.14. The van der Waals surface area contributed by atoms with Crippen LogP contribution in [0.5, 0.6) is 0 Å². The predicted molar refractivity (Wildman–Crippen MR) is 82.7 cm³/mol. The Morgan fingerprint density at radius 2 is 1.95 bits per heavy atom. The summed E-state index contributed by atoms with van der Waals surface area (Å²) < 4.78 is 0. The van der Waals surface area contributed by atoms with E-state index in [0.29, 0.717) is 6.42 Å². The summed E-state index contributed by atoms with van der Waals surface area (Å²) in [5.41, 5.74) is 13.2. The first kappa shape index (κ1) is 14.8. The van der Waals surface area contributed by atoms with Crippen molar-refractivity contribution in [2.45, 2.75) is 37.4 Å². The molecule has 0 aromatic heterocycles. The molecule has 0 spiro atoms. The maximum Gasteiger partial charge on any atom is 0.241 e. The minimum atomic E-state index is -0.194. The van der Waals surface area contributed by atoms with Gasteiger partial charge in [0, 0.05) is 30.2 Å². The number of piperidine rings is 1. The third-order valence-corrected chi connectivity index (χ3v) is 4.68. The smallest absolute Gasteiger partial charge is 0.241 e. The van der Waals surface area contributed by atoms with Crippen LogP contribution >= 0.6 is 11.6 Å². The van der Waals surface area contributed by atoms with Gasteiger partial charge in [0.2, 0.25) is 5.91 Å². The van der Waals surface area contributed by atoms with Gasteiger partial charge >= 0.3 is 0 Å². The molecular formula is C15H21ClN4O. The molecule has 5 nitrogen and oxygen atoms in total. The van der Waals surface area contributed by atoms with Gasteiger partial charge in [-0.15, -0.1) is 0 Å². The Balaban J connectivity index is 1.62. The van der Waals surface area contributed by atoms with E-state index in [2.05, 4.69) is 10.9 Å². The van der Waals surface area contributed by atoms with Crippen LogP contribution in [0.25, 0.3) is 0 Å². The van der Waals surface area contributed by atoms with Crippen molar-refractivity contribution in [3.05, 3.63) is 34.9 Å². The zero-order valence-electron chi connectivity index (χ0n) is 11.9. The Bertz CT molecular complexity index is 516. The molecule has 6 heteroatoms. The molecule has 1 amide bonds. The SMILES string of the molecule is NC1CCN(C(=O)C2CC(c3ccccc3Cl)NN2)CC1. The third-order valence-electron chi connectivity index (χ3n) is 4.33. The van der Waals surface area contributed by atoms with Gasteiger partial charge in [-0.25, -0.2) is 10.9 Å². The second-order valence-corrected chi connectivity index (χ2v) is 6.22. The van der Waals surface area contributed by atoms with E-state index in [1.54, 1.807) is 0 Å². The molecule has 21 heavy (non-hydrogen) atoms. The first-order valence-electron chi connectivity index (χ1n) is 7.45. The maximum absolute atomic E-state index is 12.5. The molecule has 2 heterocycles. The molecule has 4 N–H and O–H groups in total. The zero-order chi connectivity index (χ0) is 14.8. The van der Waals surface area contributed by atoms with Crippen molar-refractivity contribution in [2.24, 2.45) is 5.73 Å². The molecule has 2 aliphatic heterocycles. The second-order valence-electron chi connectivity index (χ2n) is 5.81. The summed E-state index contributed by atoms with van der Waals surface area (Å²) in [5, 5.41) is 0.730. The molecule has 3 rings (SSSR count). The number of carbonyl (C=O) groups excluding carboxylic acids is 1. The summed E-state index contributed by atoms with van der Waals surface area (Å²) in [4.78, 5) is 14.4. The van der Waals surface area contributed by atoms with Gasteiger partial charge < -0.3 is 10.6 Å². The Morgan fingerprint density at radius 1 is 1.24 bits per heavy atom. The first-order valence-corrected chi connectivity index (χ1v) is 7.83. The number of nitrogens with two attached hydrogens (primary N) is 1. The van der Waals surface area contributed by atoms with Gasteiger partial charge in [-0.2, -0.15) is 0 Å². The summed E-state index contributed by atoms with van der Waals surface area (Å²) in [6.45, 7) is 1.52. The molecule has 114 valence electrons. The summed E-state index contributed by atoms with van der Waals surface area (Å²) in [5.74, 6) is 0.156. The average molecular weight is 309 g/mol. The number of rotatable bonds is 2. The quantitative estimate of drug-likeness (QED) is 0.768. The molecule has 0 radical (unpaired) electrons. The van der Waals surface area contributed by atoms with Gasteiger partial charge in [0.25, 0.3) is 0 Å². The molecule has 2 fully saturated rings.